The fourth-order valence-electron chi connectivity index (χ4n) is 2.00. The third-order valence-corrected chi connectivity index (χ3v) is 3.48. The van der Waals surface area contributed by atoms with Gasteiger partial charge in [0.15, 0.2) is 0 Å². The maximum absolute atomic E-state index is 13.6. The van der Waals surface area contributed by atoms with Gasteiger partial charge in [-0.3, -0.25) is 4.79 Å². The third-order valence-electron chi connectivity index (χ3n) is 3.48. The second-order valence-corrected chi connectivity index (χ2v) is 5.41. The SMILES string of the molecule is CCC(C)NC(=O)c1cc(NCc2ccccc2F)nc(C)n1. The van der Waals surface area contributed by atoms with Gasteiger partial charge in [0.1, 0.15) is 23.2 Å². The summed E-state index contributed by atoms with van der Waals surface area (Å²) in [5, 5.41) is 5.90. The molecule has 2 N–H and O–H groups in total. The van der Waals surface area contributed by atoms with Crippen LogP contribution in [0.2, 0.25) is 0 Å². The van der Waals surface area contributed by atoms with Gasteiger partial charge in [-0.15, -0.1) is 0 Å². The molecule has 0 bridgehead atoms. The molecule has 6 heteroatoms. The molecule has 1 aromatic carbocycles. The van der Waals surface area contributed by atoms with Crippen LogP contribution in [0.4, 0.5) is 10.2 Å². The minimum absolute atomic E-state index is 0.0765. The number of hydrogen-bond acceptors (Lipinski definition) is 4. The zero-order chi connectivity index (χ0) is 16.8. The van der Waals surface area contributed by atoms with Crippen molar-refractivity contribution in [1.29, 1.82) is 0 Å². The van der Waals surface area contributed by atoms with Gasteiger partial charge in [-0.05, 0) is 26.3 Å². The molecule has 0 fully saturated rings. The maximum Gasteiger partial charge on any atom is 0.270 e. The van der Waals surface area contributed by atoms with Crippen LogP contribution in [0.1, 0.15) is 42.1 Å². The molecule has 122 valence electrons. The van der Waals surface area contributed by atoms with E-state index in [-0.39, 0.29) is 24.3 Å². The van der Waals surface area contributed by atoms with Crippen molar-refractivity contribution in [2.75, 3.05) is 5.32 Å². The van der Waals surface area contributed by atoms with Gasteiger partial charge in [0.05, 0.1) is 0 Å². The summed E-state index contributed by atoms with van der Waals surface area (Å²) in [5.74, 6) is 0.465. The first-order chi connectivity index (χ1) is 11.0. The van der Waals surface area contributed by atoms with Crippen LogP contribution in [0.5, 0.6) is 0 Å². The number of carbonyl (C=O) groups is 1. The monoisotopic (exact) mass is 316 g/mol. The first kappa shape index (κ1) is 16.9. The Hall–Kier alpha value is -2.50. The summed E-state index contributed by atoms with van der Waals surface area (Å²) in [6.07, 6.45) is 0.841. The first-order valence-corrected chi connectivity index (χ1v) is 7.63. The number of carbonyl (C=O) groups excluding carboxylic acids is 1. The summed E-state index contributed by atoms with van der Waals surface area (Å²) < 4.78 is 13.6. The molecule has 1 aromatic heterocycles. The number of aromatic nitrogens is 2. The molecule has 0 spiro atoms. The summed E-state index contributed by atoms with van der Waals surface area (Å²) in [7, 11) is 0. The molecular weight excluding hydrogens is 295 g/mol. The zero-order valence-electron chi connectivity index (χ0n) is 13.6. The van der Waals surface area contributed by atoms with Gasteiger partial charge in [-0.25, -0.2) is 14.4 Å². The number of nitrogens with one attached hydrogen (secondary N) is 2. The van der Waals surface area contributed by atoms with Crippen molar-refractivity contribution < 1.29 is 9.18 Å². The molecule has 0 saturated carbocycles. The minimum Gasteiger partial charge on any atom is -0.366 e. The molecule has 0 aliphatic rings. The number of benzene rings is 1. The third kappa shape index (κ3) is 4.74. The quantitative estimate of drug-likeness (QED) is 0.859. The Bertz CT molecular complexity index is 690. The van der Waals surface area contributed by atoms with Gasteiger partial charge in [-0.2, -0.15) is 0 Å². The Labute approximate surface area is 135 Å². The van der Waals surface area contributed by atoms with E-state index in [0.717, 1.165) is 6.42 Å². The number of hydrogen-bond donors (Lipinski definition) is 2. The fraction of sp³-hybridized carbons (Fsp3) is 0.353. The van der Waals surface area contributed by atoms with Crippen molar-refractivity contribution in [3.8, 4) is 0 Å². The molecule has 1 unspecified atom stereocenters. The second kappa shape index (κ2) is 7.67. The van der Waals surface area contributed by atoms with Crippen molar-refractivity contribution >= 4 is 11.7 Å². The Morgan fingerprint density at radius 1 is 1.30 bits per heavy atom. The first-order valence-electron chi connectivity index (χ1n) is 7.63. The molecule has 1 amide bonds. The van der Waals surface area contributed by atoms with Gasteiger partial charge in [0.25, 0.3) is 5.91 Å². The highest BCUT2D eigenvalue weighted by Gasteiger charge is 2.12. The van der Waals surface area contributed by atoms with Crippen molar-refractivity contribution in [1.82, 2.24) is 15.3 Å². The molecule has 2 aromatic rings. The molecule has 0 aliphatic carbocycles. The number of halogens is 1. The molecule has 0 saturated heterocycles. The van der Waals surface area contributed by atoms with Gasteiger partial charge < -0.3 is 10.6 Å². The van der Waals surface area contributed by atoms with Gasteiger partial charge >= 0.3 is 0 Å². The minimum atomic E-state index is -0.277. The van der Waals surface area contributed by atoms with E-state index in [9.17, 15) is 9.18 Å². The molecule has 23 heavy (non-hydrogen) atoms. The maximum atomic E-state index is 13.6. The average Bonchev–Trinajstić information content (AvgIpc) is 2.53. The number of anilines is 1. The average molecular weight is 316 g/mol. The number of aryl methyl sites for hydroxylation is 1. The molecule has 5 nitrogen and oxygen atoms in total. The molecule has 1 heterocycles. The van der Waals surface area contributed by atoms with Crippen LogP contribution >= 0.6 is 0 Å². The summed E-state index contributed by atoms with van der Waals surface area (Å²) in [6.45, 7) is 5.94. The van der Waals surface area contributed by atoms with Crippen LogP contribution in [0.25, 0.3) is 0 Å². The molecular formula is C17H21FN4O. The van der Waals surface area contributed by atoms with Crippen molar-refractivity contribution in [2.45, 2.75) is 39.8 Å². The standard InChI is InChI=1S/C17H21FN4O/c1-4-11(2)20-17(23)15-9-16(22-12(3)21-15)19-10-13-7-5-6-8-14(13)18/h5-9,11H,4,10H2,1-3H3,(H,20,23)(H,19,21,22). The normalized spacial score (nSPS) is 11.8. The van der Waals surface area contributed by atoms with Crippen molar-refractivity contribution in [3.05, 3.63) is 53.2 Å². The predicted molar refractivity (Wildman–Crippen MR) is 87.7 cm³/mol. The second-order valence-electron chi connectivity index (χ2n) is 5.41. The zero-order valence-corrected chi connectivity index (χ0v) is 13.6. The van der Waals surface area contributed by atoms with Crippen LogP contribution in [0.3, 0.4) is 0 Å². The van der Waals surface area contributed by atoms with E-state index in [4.69, 9.17) is 0 Å². The number of rotatable bonds is 6. The molecule has 0 radical (unpaired) electrons. The summed E-state index contributed by atoms with van der Waals surface area (Å²) in [6, 6.07) is 8.18. The van der Waals surface area contributed by atoms with Gasteiger partial charge in [-0.1, -0.05) is 25.1 Å². The fourth-order valence-corrected chi connectivity index (χ4v) is 2.00. The highest BCUT2D eigenvalue weighted by molar-refractivity contribution is 5.93. The van der Waals surface area contributed by atoms with Crippen LogP contribution in [-0.4, -0.2) is 21.9 Å². The van der Waals surface area contributed by atoms with E-state index in [0.29, 0.717) is 22.9 Å². The molecule has 0 aliphatic heterocycles. The lowest BCUT2D eigenvalue weighted by Gasteiger charge is -2.12. The van der Waals surface area contributed by atoms with E-state index >= 15 is 0 Å². The van der Waals surface area contributed by atoms with Crippen LogP contribution < -0.4 is 10.6 Å². The Balaban J connectivity index is 2.11. The predicted octanol–water partition coefficient (Wildman–Crippen LogP) is 3.06. The van der Waals surface area contributed by atoms with Crippen LogP contribution in [-0.2, 0) is 6.54 Å². The Kier molecular flexibility index (Phi) is 5.62. The van der Waals surface area contributed by atoms with E-state index in [1.54, 1.807) is 31.2 Å². The Morgan fingerprint density at radius 3 is 2.74 bits per heavy atom. The highest BCUT2D eigenvalue weighted by Crippen LogP contribution is 2.11. The van der Waals surface area contributed by atoms with Crippen molar-refractivity contribution in [3.63, 3.8) is 0 Å². The summed E-state index contributed by atoms with van der Waals surface area (Å²) >= 11 is 0. The summed E-state index contributed by atoms with van der Waals surface area (Å²) in [4.78, 5) is 20.5. The van der Waals surface area contributed by atoms with Crippen LogP contribution in [0.15, 0.2) is 30.3 Å². The lowest BCUT2D eigenvalue weighted by Crippen LogP contribution is -2.32. The van der Waals surface area contributed by atoms with Crippen molar-refractivity contribution in [2.24, 2.45) is 0 Å². The van der Waals surface area contributed by atoms with Gasteiger partial charge in [0, 0.05) is 24.2 Å². The molecule has 2 rings (SSSR count). The topological polar surface area (TPSA) is 66.9 Å². The van der Waals surface area contributed by atoms with E-state index in [1.165, 1.54) is 6.07 Å². The van der Waals surface area contributed by atoms with E-state index in [1.807, 2.05) is 13.8 Å². The van der Waals surface area contributed by atoms with E-state index in [2.05, 4.69) is 20.6 Å². The number of amides is 1. The highest BCUT2D eigenvalue weighted by atomic mass is 19.1. The van der Waals surface area contributed by atoms with E-state index < -0.39 is 0 Å². The largest absolute Gasteiger partial charge is 0.366 e. The smallest absolute Gasteiger partial charge is 0.270 e. The lowest BCUT2D eigenvalue weighted by molar-refractivity contribution is 0.0934. The van der Waals surface area contributed by atoms with Crippen LogP contribution in [0, 0.1) is 12.7 Å². The number of nitrogens with zero attached hydrogens (tertiary/aromatic N) is 2. The summed E-state index contributed by atoms with van der Waals surface area (Å²) in [5.41, 5.74) is 0.836. The van der Waals surface area contributed by atoms with Gasteiger partial charge in [0.2, 0.25) is 0 Å². The Morgan fingerprint density at radius 2 is 2.04 bits per heavy atom. The molecule has 1 atom stereocenters. The lowest BCUT2D eigenvalue weighted by atomic mass is 10.2.